The van der Waals surface area contributed by atoms with Crippen LogP contribution in [0.5, 0.6) is 0 Å². The van der Waals surface area contributed by atoms with Crippen LogP contribution in [0.2, 0.25) is 0 Å². The molecule has 0 amide bonds. The van der Waals surface area contributed by atoms with E-state index in [2.05, 4.69) is 20.7 Å². The van der Waals surface area contributed by atoms with Crippen molar-refractivity contribution in [1.82, 2.24) is 25.4 Å². The van der Waals surface area contributed by atoms with Crippen molar-refractivity contribution >= 4 is 5.97 Å². The molecule has 0 aliphatic carbocycles. The first kappa shape index (κ1) is 17.5. The molecule has 0 fully saturated rings. The Labute approximate surface area is 146 Å². The van der Waals surface area contributed by atoms with Crippen LogP contribution in [0.4, 0.5) is 0 Å². The number of aromatic amines is 1. The lowest BCUT2D eigenvalue weighted by atomic mass is 10.1. The van der Waals surface area contributed by atoms with Gasteiger partial charge in [0.15, 0.2) is 0 Å². The van der Waals surface area contributed by atoms with Crippen LogP contribution in [0, 0.1) is 0 Å². The van der Waals surface area contributed by atoms with Crippen molar-refractivity contribution in [3.63, 3.8) is 0 Å². The molecular weight excluding hydrogens is 342 g/mol. The van der Waals surface area contributed by atoms with Gasteiger partial charge < -0.3 is 21.1 Å². The summed E-state index contributed by atoms with van der Waals surface area (Å²) in [5, 5.41) is 22.6. The number of H-pyrrole nitrogens is 1. The molecule has 3 aromatic rings. The van der Waals surface area contributed by atoms with Gasteiger partial charge in [-0.1, -0.05) is 24.3 Å². The Morgan fingerprint density at radius 2 is 2.15 bits per heavy atom. The van der Waals surface area contributed by atoms with Crippen molar-refractivity contribution < 1.29 is 14.4 Å². The Morgan fingerprint density at radius 3 is 2.88 bits per heavy atom. The molecule has 136 valence electrons. The lowest BCUT2D eigenvalue weighted by molar-refractivity contribution is -0.138. The number of tetrazole rings is 1. The lowest BCUT2D eigenvalue weighted by Crippen LogP contribution is -2.33. The van der Waals surface area contributed by atoms with E-state index in [9.17, 15) is 9.59 Å². The quantitative estimate of drug-likeness (QED) is 0.415. The predicted octanol–water partition coefficient (Wildman–Crippen LogP) is -0.917. The lowest BCUT2D eigenvalue weighted by Gasteiger charge is -2.07. The standard InChI is InChI=1S/C15H17N7O4/c16-6-8-2-1-3-9(4-8)7-22-13(18-20-21-22)12-10(14(23)19-26-12)5-11(17)15(24)25/h1-4,11H,5-7,16-17H2,(H,19,23)(H,24,25)/t11-/m0/s1. The molecular formula is C15H17N7O4. The summed E-state index contributed by atoms with van der Waals surface area (Å²) in [4.78, 5) is 22.9. The second-order valence-corrected chi connectivity index (χ2v) is 5.67. The highest BCUT2D eigenvalue weighted by Crippen LogP contribution is 2.20. The Balaban J connectivity index is 1.94. The SMILES string of the molecule is NCc1cccc(Cn2nnnc2-c2o[nH]c(=O)c2C[C@H](N)C(=O)O)c1. The zero-order chi connectivity index (χ0) is 18.7. The van der Waals surface area contributed by atoms with Crippen LogP contribution in [-0.4, -0.2) is 42.5 Å². The molecule has 11 nitrogen and oxygen atoms in total. The van der Waals surface area contributed by atoms with E-state index in [0.29, 0.717) is 13.1 Å². The summed E-state index contributed by atoms with van der Waals surface area (Å²) in [5.41, 5.74) is 12.5. The molecule has 0 saturated carbocycles. The van der Waals surface area contributed by atoms with E-state index < -0.39 is 17.6 Å². The van der Waals surface area contributed by atoms with Crippen molar-refractivity contribution in [3.05, 3.63) is 51.3 Å². The Bertz CT molecular complexity index is 974. The maximum atomic E-state index is 12.0. The van der Waals surface area contributed by atoms with E-state index in [1.54, 1.807) is 0 Å². The fraction of sp³-hybridized carbons (Fsp3) is 0.267. The topological polar surface area (TPSA) is 179 Å². The van der Waals surface area contributed by atoms with Gasteiger partial charge in [-0.25, -0.2) is 4.68 Å². The summed E-state index contributed by atoms with van der Waals surface area (Å²) in [7, 11) is 0. The predicted molar refractivity (Wildman–Crippen MR) is 88.9 cm³/mol. The maximum Gasteiger partial charge on any atom is 0.320 e. The number of nitrogens with two attached hydrogens (primary N) is 2. The third-order valence-electron chi connectivity index (χ3n) is 3.83. The largest absolute Gasteiger partial charge is 0.480 e. The van der Waals surface area contributed by atoms with Gasteiger partial charge in [0, 0.05) is 13.0 Å². The van der Waals surface area contributed by atoms with Gasteiger partial charge in [0.1, 0.15) is 6.04 Å². The highest BCUT2D eigenvalue weighted by atomic mass is 16.5. The molecule has 0 unspecified atom stereocenters. The molecule has 0 saturated heterocycles. The van der Waals surface area contributed by atoms with E-state index >= 15 is 0 Å². The number of nitrogens with zero attached hydrogens (tertiary/aromatic N) is 4. The Morgan fingerprint density at radius 1 is 1.38 bits per heavy atom. The fourth-order valence-electron chi connectivity index (χ4n) is 2.50. The number of aromatic nitrogens is 5. The molecule has 1 aromatic carbocycles. The van der Waals surface area contributed by atoms with Crippen molar-refractivity contribution in [2.75, 3.05) is 0 Å². The fourth-order valence-corrected chi connectivity index (χ4v) is 2.50. The van der Waals surface area contributed by atoms with Gasteiger partial charge in [-0.15, -0.1) is 5.10 Å². The average Bonchev–Trinajstić information content (AvgIpc) is 3.22. The first-order chi connectivity index (χ1) is 12.5. The van der Waals surface area contributed by atoms with Crippen LogP contribution >= 0.6 is 0 Å². The minimum atomic E-state index is -1.25. The molecule has 1 atom stereocenters. The number of nitrogens with one attached hydrogen (secondary N) is 1. The Kier molecular flexibility index (Phi) is 4.91. The van der Waals surface area contributed by atoms with Gasteiger partial charge >= 0.3 is 5.97 Å². The number of aliphatic carboxylic acids is 1. The highest BCUT2D eigenvalue weighted by Gasteiger charge is 2.25. The van der Waals surface area contributed by atoms with E-state index in [-0.39, 0.29) is 23.6 Å². The van der Waals surface area contributed by atoms with Crippen molar-refractivity contribution in [2.45, 2.75) is 25.6 Å². The van der Waals surface area contributed by atoms with Crippen molar-refractivity contribution in [1.29, 1.82) is 0 Å². The number of hydrogen-bond acceptors (Lipinski definition) is 8. The van der Waals surface area contributed by atoms with Crippen LogP contribution in [0.3, 0.4) is 0 Å². The number of carboxylic acid groups (broad SMARTS) is 1. The number of hydrogen-bond donors (Lipinski definition) is 4. The monoisotopic (exact) mass is 359 g/mol. The van der Waals surface area contributed by atoms with Crippen LogP contribution < -0.4 is 17.0 Å². The van der Waals surface area contributed by atoms with Crippen molar-refractivity contribution in [2.24, 2.45) is 11.5 Å². The average molecular weight is 359 g/mol. The van der Waals surface area contributed by atoms with Crippen LogP contribution in [0.25, 0.3) is 11.6 Å². The second kappa shape index (κ2) is 7.29. The first-order valence-electron chi connectivity index (χ1n) is 7.72. The van der Waals surface area contributed by atoms with Crippen LogP contribution in [0.1, 0.15) is 16.7 Å². The molecule has 2 aromatic heterocycles. The number of carbonyl (C=O) groups is 1. The van der Waals surface area contributed by atoms with E-state index in [1.165, 1.54) is 4.68 Å². The summed E-state index contributed by atoms with van der Waals surface area (Å²) in [5.74, 6) is -0.976. The van der Waals surface area contributed by atoms with Crippen LogP contribution in [0.15, 0.2) is 33.6 Å². The number of benzene rings is 1. The molecule has 2 heterocycles. The zero-order valence-electron chi connectivity index (χ0n) is 13.6. The second-order valence-electron chi connectivity index (χ2n) is 5.67. The number of rotatable bonds is 7. The molecule has 0 radical (unpaired) electrons. The van der Waals surface area contributed by atoms with Gasteiger partial charge in [-0.2, -0.15) is 5.16 Å². The first-order valence-corrected chi connectivity index (χ1v) is 7.72. The van der Waals surface area contributed by atoms with Gasteiger partial charge in [-0.3, -0.25) is 9.59 Å². The summed E-state index contributed by atoms with van der Waals surface area (Å²) >= 11 is 0. The van der Waals surface area contributed by atoms with Crippen molar-refractivity contribution in [3.8, 4) is 11.6 Å². The minimum absolute atomic E-state index is 0.0617. The van der Waals surface area contributed by atoms with Gasteiger partial charge in [-0.05, 0) is 21.6 Å². The minimum Gasteiger partial charge on any atom is -0.480 e. The summed E-state index contributed by atoms with van der Waals surface area (Å²) in [6.07, 6.45) is -0.216. The van der Waals surface area contributed by atoms with E-state index in [1.807, 2.05) is 24.3 Å². The highest BCUT2D eigenvalue weighted by molar-refractivity contribution is 5.74. The number of carboxylic acids is 1. The molecule has 0 bridgehead atoms. The molecule has 0 aliphatic rings. The third kappa shape index (κ3) is 3.53. The molecule has 6 N–H and O–H groups in total. The van der Waals surface area contributed by atoms with Crippen LogP contribution in [-0.2, 0) is 24.3 Å². The van der Waals surface area contributed by atoms with E-state index in [4.69, 9.17) is 21.1 Å². The summed E-state index contributed by atoms with van der Waals surface area (Å²) in [6, 6.07) is 6.33. The molecule has 3 rings (SSSR count). The smallest absolute Gasteiger partial charge is 0.320 e. The third-order valence-corrected chi connectivity index (χ3v) is 3.83. The summed E-state index contributed by atoms with van der Waals surface area (Å²) < 4.78 is 6.62. The van der Waals surface area contributed by atoms with Gasteiger partial charge in [0.2, 0.25) is 11.6 Å². The van der Waals surface area contributed by atoms with Gasteiger partial charge in [0.25, 0.3) is 5.56 Å². The molecule has 11 heteroatoms. The maximum absolute atomic E-state index is 12.0. The van der Waals surface area contributed by atoms with E-state index in [0.717, 1.165) is 11.1 Å². The summed E-state index contributed by atoms with van der Waals surface area (Å²) in [6.45, 7) is 0.718. The molecule has 0 spiro atoms. The molecule has 0 aliphatic heterocycles. The zero-order valence-corrected chi connectivity index (χ0v) is 13.6. The molecule has 26 heavy (non-hydrogen) atoms. The van der Waals surface area contributed by atoms with Gasteiger partial charge in [0.05, 0.1) is 12.1 Å². The normalized spacial score (nSPS) is 12.2. The Hall–Kier alpha value is -3.31.